The molecule has 0 aromatic heterocycles. The van der Waals surface area contributed by atoms with E-state index in [2.05, 4.69) is 31.3 Å². The van der Waals surface area contributed by atoms with Crippen molar-refractivity contribution in [1.29, 1.82) is 0 Å². The summed E-state index contributed by atoms with van der Waals surface area (Å²) >= 11 is 0. The Morgan fingerprint density at radius 1 is 1.12 bits per heavy atom. The van der Waals surface area contributed by atoms with Gasteiger partial charge in [0, 0.05) is 6.04 Å². The third-order valence-corrected chi connectivity index (χ3v) is 5.42. The molecule has 0 amide bonds. The Morgan fingerprint density at radius 2 is 1.88 bits per heavy atom. The first-order valence-corrected chi connectivity index (χ1v) is 7.54. The molecule has 0 radical (unpaired) electrons. The predicted octanol–water partition coefficient (Wildman–Crippen LogP) is 3.76. The first-order valence-electron chi connectivity index (χ1n) is 7.54. The molecule has 0 saturated heterocycles. The third kappa shape index (κ3) is 2.59. The lowest BCUT2D eigenvalue weighted by Gasteiger charge is -2.35. The molecular formula is C16H27N. The quantitative estimate of drug-likeness (QED) is 0.732. The van der Waals surface area contributed by atoms with E-state index in [0.717, 1.165) is 23.8 Å². The second-order valence-electron chi connectivity index (χ2n) is 7.39. The van der Waals surface area contributed by atoms with Crippen molar-refractivity contribution in [3.05, 3.63) is 12.2 Å². The van der Waals surface area contributed by atoms with Crippen LogP contribution in [0.4, 0.5) is 0 Å². The molecule has 3 aliphatic carbocycles. The lowest BCUT2D eigenvalue weighted by atomic mass is 9.75. The average molecular weight is 233 g/mol. The van der Waals surface area contributed by atoms with Crippen LogP contribution in [0.3, 0.4) is 0 Å². The second-order valence-corrected chi connectivity index (χ2v) is 7.39. The summed E-state index contributed by atoms with van der Waals surface area (Å²) in [6.07, 6.45) is 13.4. The Balaban J connectivity index is 1.42. The summed E-state index contributed by atoms with van der Waals surface area (Å²) < 4.78 is 0. The van der Waals surface area contributed by atoms with Gasteiger partial charge in [0.15, 0.2) is 0 Å². The molecule has 2 fully saturated rings. The molecule has 3 aliphatic rings. The number of allylic oxidation sites excluding steroid dienone is 2. The van der Waals surface area contributed by atoms with E-state index in [1.54, 1.807) is 0 Å². The normalized spacial score (nSPS) is 40.0. The van der Waals surface area contributed by atoms with E-state index >= 15 is 0 Å². The Hall–Kier alpha value is -0.300. The van der Waals surface area contributed by atoms with Crippen LogP contribution in [0, 0.1) is 23.2 Å². The van der Waals surface area contributed by atoms with E-state index in [9.17, 15) is 0 Å². The highest BCUT2D eigenvalue weighted by Crippen LogP contribution is 2.43. The van der Waals surface area contributed by atoms with Gasteiger partial charge < -0.3 is 5.32 Å². The summed E-state index contributed by atoms with van der Waals surface area (Å²) in [5, 5.41) is 3.85. The first kappa shape index (κ1) is 11.8. The van der Waals surface area contributed by atoms with Crippen LogP contribution in [-0.2, 0) is 0 Å². The second kappa shape index (κ2) is 4.42. The number of hydrogen-bond donors (Lipinski definition) is 1. The molecule has 3 atom stereocenters. The zero-order chi connectivity index (χ0) is 11.9. The van der Waals surface area contributed by atoms with Crippen LogP contribution in [0.25, 0.3) is 0 Å². The third-order valence-electron chi connectivity index (χ3n) is 5.42. The molecule has 1 nitrogen and oxygen atoms in total. The van der Waals surface area contributed by atoms with Gasteiger partial charge in [-0.25, -0.2) is 0 Å². The zero-order valence-corrected chi connectivity index (χ0v) is 11.4. The van der Waals surface area contributed by atoms with Crippen LogP contribution < -0.4 is 5.32 Å². The molecule has 3 rings (SSSR count). The van der Waals surface area contributed by atoms with Crippen LogP contribution in [0.15, 0.2) is 12.2 Å². The number of rotatable bonds is 3. The van der Waals surface area contributed by atoms with Crippen molar-refractivity contribution in [2.24, 2.45) is 23.2 Å². The highest BCUT2D eigenvalue weighted by molar-refractivity contribution is 5.10. The molecule has 1 N–H and O–H groups in total. The highest BCUT2D eigenvalue weighted by atomic mass is 14.9. The van der Waals surface area contributed by atoms with Crippen LogP contribution in [-0.4, -0.2) is 12.6 Å². The van der Waals surface area contributed by atoms with Crippen LogP contribution in [0.1, 0.15) is 52.4 Å². The standard InChI is InChI=1S/C16H27N/c1-16(2)7-5-15(6-8-16)17-11-14-10-12-3-4-13(14)9-12/h3-4,12-15,17H,5-11H2,1-2H3. The summed E-state index contributed by atoms with van der Waals surface area (Å²) in [6.45, 7) is 6.12. The minimum Gasteiger partial charge on any atom is -0.314 e. The summed E-state index contributed by atoms with van der Waals surface area (Å²) in [5.41, 5.74) is 0.605. The van der Waals surface area contributed by atoms with Gasteiger partial charge in [0.25, 0.3) is 0 Å². The van der Waals surface area contributed by atoms with Gasteiger partial charge in [0.05, 0.1) is 0 Å². The van der Waals surface area contributed by atoms with E-state index < -0.39 is 0 Å². The van der Waals surface area contributed by atoms with Crippen molar-refractivity contribution in [3.8, 4) is 0 Å². The van der Waals surface area contributed by atoms with Gasteiger partial charge in [0.2, 0.25) is 0 Å². The molecule has 0 heterocycles. The van der Waals surface area contributed by atoms with Gasteiger partial charge in [-0.05, 0) is 68.2 Å². The van der Waals surface area contributed by atoms with E-state index in [1.165, 1.54) is 45.1 Å². The topological polar surface area (TPSA) is 12.0 Å². The molecule has 1 heteroatoms. The predicted molar refractivity (Wildman–Crippen MR) is 72.9 cm³/mol. The largest absolute Gasteiger partial charge is 0.314 e. The maximum Gasteiger partial charge on any atom is 0.00675 e. The highest BCUT2D eigenvalue weighted by Gasteiger charge is 2.35. The Morgan fingerprint density at radius 3 is 2.47 bits per heavy atom. The van der Waals surface area contributed by atoms with Crippen molar-refractivity contribution in [1.82, 2.24) is 5.32 Å². The molecule has 2 bridgehead atoms. The fraction of sp³-hybridized carbons (Fsp3) is 0.875. The molecule has 0 aromatic carbocycles. The van der Waals surface area contributed by atoms with Crippen LogP contribution in [0.2, 0.25) is 0 Å². The molecule has 3 unspecified atom stereocenters. The molecule has 0 aliphatic heterocycles. The van der Waals surface area contributed by atoms with Crippen molar-refractivity contribution < 1.29 is 0 Å². The van der Waals surface area contributed by atoms with Crippen LogP contribution >= 0.6 is 0 Å². The Kier molecular flexibility index (Phi) is 3.06. The van der Waals surface area contributed by atoms with Crippen molar-refractivity contribution >= 4 is 0 Å². The molecule has 2 saturated carbocycles. The van der Waals surface area contributed by atoms with E-state index in [1.807, 2.05) is 0 Å². The molecule has 0 aromatic rings. The summed E-state index contributed by atoms with van der Waals surface area (Å²) in [4.78, 5) is 0. The van der Waals surface area contributed by atoms with E-state index in [0.29, 0.717) is 5.41 Å². The van der Waals surface area contributed by atoms with Gasteiger partial charge in [-0.15, -0.1) is 0 Å². The minimum atomic E-state index is 0.605. The lowest BCUT2D eigenvalue weighted by molar-refractivity contribution is 0.201. The molecule has 0 spiro atoms. The Bertz CT molecular complexity index is 295. The van der Waals surface area contributed by atoms with Gasteiger partial charge in [-0.3, -0.25) is 0 Å². The maximum absolute atomic E-state index is 3.85. The smallest absolute Gasteiger partial charge is 0.00675 e. The van der Waals surface area contributed by atoms with Gasteiger partial charge in [0.1, 0.15) is 0 Å². The van der Waals surface area contributed by atoms with Crippen molar-refractivity contribution in [2.45, 2.75) is 58.4 Å². The van der Waals surface area contributed by atoms with Gasteiger partial charge in [-0.1, -0.05) is 26.0 Å². The van der Waals surface area contributed by atoms with Crippen molar-refractivity contribution in [2.75, 3.05) is 6.54 Å². The Labute approximate surface area is 106 Å². The summed E-state index contributed by atoms with van der Waals surface area (Å²) in [5.74, 6) is 2.78. The summed E-state index contributed by atoms with van der Waals surface area (Å²) in [7, 11) is 0. The fourth-order valence-corrected chi connectivity index (χ4v) is 4.05. The van der Waals surface area contributed by atoms with Crippen LogP contribution in [0.5, 0.6) is 0 Å². The van der Waals surface area contributed by atoms with Crippen molar-refractivity contribution in [3.63, 3.8) is 0 Å². The number of fused-ring (bicyclic) bond motifs is 2. The molecule has 17 heavy (non-hydrogen) atoms. The first-order chi connectivity index (χ1) is 8.12. The SMILES string of the molecule is CC1(C)CCC(NCC2CC3C=CC2C3)CC1. The van der Waals surface area contributed by atoms with E-state index in [4.69, 9.17) is 0 Å². The molecule has 96 valence electrons. The number of nitrogens with one attached hydrogen (secondary N) is 1. The maximum atomic E-state index is 3.85. The average Bonchev–Trinajstić information content (AvgIpc) is 2.89. The lowest BCUT2D eigenvalue weighted by Crippen LogP contribution is -2.38. The fourth-order valence-electron chi connectivity index (χ4n) is 4.05. The summed E-state index contributed by atoms with van der Waals surface area (Å²) in [6, 6.07) is 0.811. The van der Waals surface area contributed by atoms with Gasteiger partial charge in [-0.2, -0.15) is 0 Å². The number of hydrogen-bond acceptors (Lipinski definition) is 1. The van der Waals surface area contributed by atoms with Gasteiger partial charge >= 0.3 is 0 Å². The zero-order valence-electron chi connectivity index (χ0n) is 11.4. The minimum absolute atomic E-state index is 0.605. The monoisotopic (exact) mass is 233 g/mol. The van der Waals surface area contributed by atoms with E-state index in [-0.39, 0.29) is 0 Å². The molecular weight excluding hydrogens is 206 g/mol.